The fourth-order valence-electron chi connectivity index (χ4n) is 3.51. The molecular weight excluding hydrogens is 422 g/mol. The zero-order valence-corrected chi connectivity index (χ0v) is 17.6. The average Bonchev–Trinajstić information content (AvgIpc) is 2.99. The molecule has 0 fully saturated rings. The Morgan fingerprint density at radius 3 is 2.33 bits per heavy atom. The first kappa shape index (κ1) is 22.3. The molecule has 0 spiro atoms. The second-order valence-electron chi connectivity index (χ2n) is 8.34. The van der Waals surface area contributed by atoms with E-state index in [1.165, 1.54) is 31.2 Å². The van der Waals surface area contributed by atoms with Gasteiger partial charge in [0.25, 0.3) is 0 Å². The Hall–Kier alpha value is -2.41. The summed E-state index contributed by atoms with van der Waals surface area (Å²) in [5.41, 5.74) is -3.21. The molecule has 1 aliphatic rings. The number of pyridine rings is 1. The van der Waals surface area contributed by atoms with Crippen molar-refractivity contribution in [2.24, 2.45) is 5.41 Å². The molecule has 0 aliphatic carbocycles. The Bertz CT molecular complexity index is 1020. The van der Waals surface area contributed by atoms with Crippen LogP contribution in [-0.4, -0.2) is 23.6 Å². The van der Waals surface area contributed by atoms with Crippen molar-refractivity contribution in [3.05, 3.63) is 58.5 Å². The van der Waals surface area contributed by atoms with Gasteiger partial charge in [0, 0.05) is 16.5 Å². The number of rotatable bonds is 3. The number of fused-ring (bicyclic) bond motifs is 1. The minimum Gasteiger partial charge on any atom is -0.489 e. The molecule has 2 aromatic rings. The summed E-state index contributed by atoms with van der Waals surface area (Å²) in [7, 11) is 0. The van der Waals surface area contributed by atoms with Crippen LogP contribution in [0, 0.1) is 11.2 Å². The lowest BCUT2D eigenvalue weighted by molar-refractivity contribution is -0.177. The average molecular weight is 442 g/mol. The van der Waals surface area contributed by atoms with E-state index < -0.39 is 35.2 Å². The summed E-state index contributed by atoms with van der Waals surface area (Å²) in [6, 6.07) is 6.21. The number of hydrogen-bond acceptors (Lipinski definition) is 3. The lowest BCUT2D eigenvalue weighted by Gasteiger charge is -2.29. The van der Waals surface area contributed by atoms with Crippen molar-refractivity contribution in [1.82, 2.24) is 4.98 Å². The molecule has 0 bridgehead atoms. The highest BCUT2D eigenvalue weighted by Crippen LogP contribution is 2.53. The predicted octanol–water partition coefficient (Wildman–Crippen LogP) is 6.30. The number of aromatic nitrogens is 1. The van der Waals surface area contributed by atoms with Crippen molar-refractivity contribution < 1.29 is 27.1 Å². The summed E-state index contributed by atoms with van der Waals surface area (Å²) in [6.07, 6.45) is -3.85. The second-order valence-corrected chi connectivity index (χ2v) is 8.73. The number of halogens is 5. The number of ether oxygens (including phenoxy) is 1. The summed E-state index contributed by atoms with van der Waals surface area (Å²) < 4.78 is 61.9. The Kier molecular flexibility index (Phi) is 5.48. The highest BCUT2D eigenvalue weighted by Gasteiger charge is 2.60. The number of carbonyl (C=O) groups is 1. The SMILES string of the molecule is C/C(=C/[C@@]1(C(F)(F)F)COc2c1cc(Cl)nc2-c1ccc(F)cc1)C(=O)C(C)(C)C. The van der Waals surface area contributed by atoms with Crippen LogP contribution in [0.25, 0.3) is 11.3 Å². The van der Waals surface area contributed by atoms with E-state index in [1.54, 1.807) is 20.8 Å². The van der Waals surface area contributed by atoms with Crippen LogP contribution in [0.4, 0.5) is 17.6 Å². The summed E-state index contributed by atoms with van der Waals surface area (Å²) in [5, 5.41) is -0.166. The van der Waals surface area contributed by atoms with Crippen LogP contribution in [0.3, 0.4) is 0 Å². The summed E-state index contributed by atoms with van der Waals surface area (Å²) in [5.74, 6) is -0.990. The van der Waals surface area contributed by atoms with Gasteiger partial charge in [0.15, 0.2) is 5.78 Å². The molecule has 0 saturated heterocycles. The summed E-state index contributed by atoms with van der Waals surface area (Å²) >= 11 is 6.06. The van der Waals surface area contributed by atoms with Crippen LogP contribution in [0.15, 0.2) is 42.0 Å². The molecule has 3 nitrogen and oxygen atoms in total. The van der Waals surface area contributed by atoms with Crippen LogP contribution in [0.5, 0.6) is 5.75 Å². The van der Waals surface area contributed by atoms with Crippen LogP contribution >= 0.6 is 11.6 Å². The Labute approximate surface area is 176 Å². The van der Waals surface area contributed by atoms with Crippen LogP contribution in [0.2, 0.25) is 5.15 Å². The maximum Gasteiger partial charge on any atom is 0.405 e. The fraction of sp³-hybridized carbons (Fsp3) is 0.364. The van der Waals surface area contributed by atoms with Gasteiger partial charge in [0.2, 0.25) is 0 Å². The van der Waals surface area contributed by atoms with E-state index in [4.69, 9.17) is 16.3 Å². The van der Waals surface area contributed by atoms with Gasteiger partial charge in [-0.3, -0.25) is 4.79 Å². The minimum atomic E-state index is -4.76. The van der Waals surface area contributed by atoms with Gasteiger partial charge in [-0.25, -0.2) is 9.37 Å². The van der Waals surface area contributed by atoms with Crippen molar-refractivity contribution in [2.45, 2.75) is 39.3 Å². The van der Waals surface area contributed by atoms with Gasteiger partial charge in [-0.05, 0) is 42.8 Å². The highest BCUT2D eigenvalue weighted by molar-refractivity contribution is 6.29. The van der Waals surface area contributed by atoms with E-state index in [9.17, 15) is 22.4 Å². The fourth-order valence-corrected chi connectivity index (χ4v) is 3.70. The number of nitrogens with zero attached hydrogens (tertiary/aromatic N) is 1. The minimum absolute atomic E-state index is 0.0208. The molecule has 1 aromatic carbocycles. The Balaban J connectivity index is 2.25. The first-order chi connectivity index (χ1) is 13.8. The molecule has 0 N–H and O–H groups in total. The molecule has 0 radical (unpaired) electrons. The molecule has 1 atom stereocenters. The molecule has 160 valence electrons. The van der Waals surface area contributed by atoms with E-state index in [1.807, 2.05) is 0 Å². The van der Waals surface area contributed by atoms with Crippen LogP contribution in [0.1, 0.15) is 33.3 Å². The Morgan fingerprint density at radius 1 is 1.20 bits per heavy atom. The predicted molar refractivity (Wildman–Crippen MR) is 106 cm³/mol. The van der Waals surface area contributed by atoms with Gasteiger partial charge in [-0.15, -0.1) is 0 Å². The number of benzene rings is 1. The summed E-state index contributed by atoms with van der Waals surface area (Å²) in [4.78, 5) is 16.7. The van der Waals surface area contributed by atoms with Gasteiger partial charge >= 0.3 is 6.18 Å². The van der Waals surface area contributed by atoms with E-state index in [0.717, 1.165) is 12.1 Å². The van der Waals surface area contributed by atoms with E-state index in [2.05, 4.69) is 4.98 Å². The molecule has 2 heterocycles. The molecular formula is C22H20ClF4NO2. The molecule has 8 heteroatoms. The maximum absolute atomic E-state index is 14.4. The zero-order valence-electron chi connectivity index (χ0n) is 16.8. The molecule has 30 heavy (non-hydrogen) atoms. The first-order valence-corrected chi connectivity index (χ1v) is 9.55. The molecule has 1 aromatic heterocycles. The molecule has 0 amide bonds. The number of ketones is 1. The third kappa shape index (κ3) is 3.83. The number of Topliss-reactive ketones (excluding diaryl/α,β-unsaturated/α-hetero) is 1. The van der Waals surface area contributed by atoms with Crippen molar-refractivity contribution in [1.29, 1.82) is 0 Å². The third-order valence-corrected chi connectivity index (χ3v) is 5.19. The normalized spacial score (nSPS) is 19.4. The molecule has 1 aliphatic heterocycles. The number of allylic oxidation sites excluding steroid dienone is 1. The van der Waals surface area contributed by atoms with Gasteiger partial charge in [0.05, 0.1) is 0 Å². The van der Waals surface area contributed by atoms with Crippen molar-refractivity contribution >= 4 is 17.4 Å². The largest absolute Gasteiger partial charge is 0.489 e. The van der Waals surface area contributed by atoms with Gasteiger partial charge in [-0.2, -0.15) is 13.2 Å². The molecule has 0 unspecified atom stereocenters. The van der Waals surface area contributed by atoms with Crippen molar-refractivity contribution in [2.75, 3.05) is 6.61 Å². The standard InChI is InChI=1S/C22H20ClF4NO2/c1-12(19(29)20(2,3)4)10-21(22(25,26)27)11-30-18-15(21)9-16(23)28-17(18)13-5-7-14(24)8-6-13/h5-10H,11H2,1-4H3/b12-10-/t21-/m1/s1. The van der Waals surface area contributed by atoms with E-state index >= 15 is 0 Å². The van der Waals surface area contributed by atoms with Crippen molar-refractivity contribution in [3.63, 3.8) is 0 Å². The summed E-state index contributed by atoms with van der Waals surface area (Å²) in [6.45, 7) is 5.53. The highest BCUT2D eigenvalue weighted by atomic mass is 35.5. The van der Waals surface area contributed by atoms with E-state index in [0.29, 0.717) is 5.56 Å². The number of hydrogen-bond donors (Lipinski definition) is 0. The van der Waals surface area contributed by atoms with Gasteiger partial charge in [-0.1, -0.05) is 38.4 Å². The second kappa shape index (κ2) is 7.38. The van der Waals surface area contributed by atoms with Gasteiger partial charge in [0.1, 0.15) is 34.4 Å². The lowest BCUT2D eigenvalue weighted by atomic mass is 9.77. The topological polar surface area (TPSA) is 39.2 Å². The van der Waals surface area contributed by atoms with Crippen molar-refractivity contribution in [3.8, 4) is 17.0 Å². The third-order valence-electron chi connectivity index (χ3n) is 4.99. The lowest BCUT2D eigenvalue weighted by Crippen LogP contribution is -2.43. The van der Waals surface area contributed by atoms with Crippen LogP contribution < -0.4 is 4.74 Å². The molecule has 0 saturated carbocycles. The Morgan fingerprint density at radius 2 is 1.80 bits per heavy atom. The smallest absolute Gasteiger partial charge is 0.405 e. The number of carbonyl (C=O) groups excluding carboxylic acids is 1. The van der Waals surface area contributed by atoms with E-state index in [-0.39, 0.29) is 27.7 Å². The van der Waals surface area contributed by atoms with Crippen LogP contribution in [-0.2, 0) is 10.2 Å². The van der Waals surface area contributed by atoms with Gasteiger partial charge < -0.3 is 4.74 Å². The first-order valence-electron chi connectivity index (χ1n) is 9.17. The molecule has 3 rings (SSSR count). The quantitative estimate of drug-likeness (QED) is 0.319. The zero-order chi connectivity index (χ0) is 22.5. The monoisotopic (exact) mass is 441 g/mol. The number of alkyl halides is 3. The maximum atomic E-state index is 14.4.